The van der Waals surface area contributed by atoms with Gasteiger partial charge >= 0.3 is 0 Å². The summed E-state index contributed by atoms with van der Waals surface area (Å²) in [4.78, 5) is 0. The van der Waals surface area contributed by atoms with Crippen LogP contribution in [0.25, 0.3) is 22.5 Å². The molecule has 2 heteroatoms. The molecule has 0 aliphatic carbocycles. The van der Waals surface area contributed by atoms with Crippen LogP contribution in [0.4, 0.5) is 0 Å². The minimum Gasteiger partial charge on any atom is -0.336 e. The molecule has 0 spiro atoms. The summed E-state index contributed by atoms with van der Waals surface area (Å²) < 4.78 is 2.37. The molecule has 0 saturated heterocycles. The zero-order valence-electron chi connectivity index (χ0n) is 13.8. The molecule has 0 radical (unpaired) electrons. The molecule has 4 rings (SSSR count). The normalized spacial score (nSPS) is 10.8. The highest BCUT2D eigenvalue weighted by atomic mass is 35.5. The van der Waals surface area contributed by atoms with Crippen LogP contribution in [0.15, 0.2) is 97.1 Å². The number of hydrogen-bond donors (Lipinski definition) is 0. The highest BCUT2D eigenvalue weighted by molar-refractivity contribution is 6.30. The fourth-order valence-electron chi connectivity index (χ4n) is 3.13. The molecule has 25 heavy (non-hydrogen) atoms. The van der Waals surface area contributed by atoms with Gasteiger partial charge in [0, 0.05) is 23.0 Å². The number of halogens is 1. The molecule has 122 valence electrons. The average Bonchev–Trinajstić information content (AvgIpc) is 3.08. The lowest BCUT2D eigenvalue weighted by molar-refractivity contribution is 0.822. The summed E-state index contributed by atoms with van der Waals surface area (Å²) in [7, 11) is 0. The number of rotatable bonds is 4. The van der Waals surface area contributed by atoms with Gasteiger partial charge in [0.05, 0.1) is 0 Å². The molecule has 1 nitrogen and oxygen atoms in total. The Hall–Kier alpha value is -2.77. The van der Waals surface area contributed by atoms with E-state index in [-0.39, 0.29) is 0 Å². The van der Waals surface area contributed by atoms with E-state index in [1.165, 1.54) is 28.1 Å². The van der Waals surface area contributed by atoms with E-state index in [2.05, 4.69) is 77.4 Å². The van der Waals surface area contributed by atoms with E-state index in [0.717, 1.165) is 11.6 Å². The Morgan fingerprint density at radius 1 is 0.560 bits per heavy atom. The highest BCUT2D eigenvalue weighted by Gasteiger charge is 2.12. The summed E-state index contributed by atoms with van der Waals surface area (Å²) in [6.45, 7) is 0.804. The molecule has 0 aliphatic heterocycles. The zero-order chi connectivity index (χ0) is 17.1. The zero-order valence-corrected chi connectivity index (χ0v) is 14.5. The topological polar surface area (TPSA) is 4.93 Å². The minimum absolute atomic E-state index is 0.767. The lowest BCUT2D eigenvalue weighted by atomic mass is 10.1. The van der Waals surface area contributed by atoms with Crippen LogP contribution in [0.1, 0.15) is 5.56 Å². The Balaban J connectivity index is 1.83. The van der Waals surface area contributed by atoms with Crippen molar-refractivity contribution in [2.24, 2.45) is 0 Å². The first-order valence-corrected chi connectivity index (χ1v) is 8.74. The molecule has 3 aromatic carbocycles. The fourth-order valence-corrected chi connectivity index (χ4v) is 3.26. The molecule has 0 fully saturated rings. The highest BCUT2D eigenvalue weighted by Crippen LogP contribution is 2.30. The largest absolute Gasteiger partial charge is 0.336 e. The summed E-state index contributed by atoms with van der Waals surface area (Å²) in [6.07, 6.45) is 0. The smallest absolute Gasteiger partial charge is 0.0488 e. The second kappa shape index (κ2) is 7.00. The van der Waals surface area contributed by atoms with Gasteiger partial charge in [0.15, 0.2) is 0 Å². The fraction of sp³-hybridized carbons (Fsp3) is 0.0435. The minimum atomic E-state index is 0.767. The molecule has 0 bridgehead atoms. The van der Waals surface area contributed by atoms with E-state index in [9.17, 15) is 0 Å². The quantitative estimate of drug-likeness (QED) is 0.397. The van der Waals surface area contributed by atoms with Gasteiger partial charge in [-0.3, -0.25) is 0 Å². The molecule has 0 N–H and O–H groups in total. The summed E-state index contributed by atoms with van der Waals surface area (Å²) in [5.41, 5.74) is 6.11. The van der Waals surface area contributed by atoms with E-state index in [1.807, 2.05) is 24.3 Å². The Bertz CT molecular complexity index is 897. The van der Waals surface area contributed by atoms with Crippen molar-refractivity contribution in [2.75, 3.05) is 0 Å². The van der Waals surface area contributed by atoms with Crippen LogP contribution in [0.3, 0.4) is 0 Å². The molecule has 1 aromatic heterocycles. The Kier molecular flexibility index (Phi) is 4.41. The molecular formula is C23H18ClN. The molecule has 0 atom stereocenters. The van der Waals surface area contributed by atoms with E-state index >= 15 is 0 Å². The summed E-state index contributed by atoms with van der Waals surface area (Å²) in [6, 6.07) is 33.5. The number of nitrogens with zero attached hydrogens (tertiary/aromatic N) is 1. The molecule has 4 aromatic rings. The maximum atomic E-state index is 6.04. The number of hydrogen-bond acceptors (Lipinski definition) is 0. The summed E-state index contributed by atoms with van der Waals surface area (Å²) >= 11 is 6.04. The average molecular weight is 344 g/mol. The van der Waals surface area contributed by atoms with Crippen molar-refractivity contribution in [3.63, 3.8) is 0 Å². The van der Waals surface area contributed by atoms with Gasteiger partial charge in [0.1, 0.15) is 0 Å². The summed E-state index contributed by atoms with van der Waals surface area (Å²) in [5, 5.41) is 0.767. The number of aromatic nitrogens is 1. The third kappa shape index (κ3) is 3.38. The van der Waals surface area contributed by atoms with E-state index in [4.69, 9.17) is 11.6 Å². The van der Waals surface area contributed by atoms with E-state index in [1.54, 1.807) is 0 Å². The molecular weight excluding hydrogens is 326 g/mol. The Morgan fingerprint density at radius 3 is 1.52 bits per heavy atom. The van der Waals surface area contributed by atoms with Crippen molar-refractivity contribution in [3.05, 3.63) is 108 Å². The van der Waals surface area contributed by atoms with E-state index in [0.29, 0.717) is 0 Å². The monoisotopic (exact) mass is 343 g/mol. The Labute approximate surface area is 153 Å². The van der Waals surface area contributed by atoms with E-state index < -0.39 is 0 Å². The lowest BCUT2D eigenvalue weighted by Crippen LogP contribution is -2.03. The van der Waals surface area contributed by atoms with Crippen LogP contribution in [0.2, 0.25) is 5.02 Å². The first-order chi connectivity index (χ1) is 12.3. The van der Waals surface area contributed by atoms with Crippen LogP contribution in [-0.4, -0.2) is 4.57 Å². The summed E-state index contributed by atoms with van der Waals surface area (Å²) in [5.74, 6) is 0. The second-order valence-corrected chi connectivity index (χ2v) is 6.48. The third-order valence-corrected chi connectivity index (χ3v) is 4.63. The van der Waals surface area contributed by atoms with Crippen molar-refractivity contribution in [1.82, 2.24) is 4.57 Å². The lowest BCUT2D eigenvalue weighted by Gasteiger charge is -2.14. The SMILES string of the molecule is Clc1ccc(Cn2c(-c3ccccc3)ccc2-c2ccccc2)cc1. The molecule has 0 saturated carbocycles. The standard InChI is InChI=1S/C23H18ClN/c24-21-13-11-18(12-14-21)17-25-22(19-7-3-1-4-8-19)15-16-23(25)20-9-5-2-6-10-20/h1-16H,17H2. The van der Waals surface area contributed by atoms with Gasteiger partial charge in [-0.25, -0.2) is 0 Å². The van der Waals surface area contributed by atoms with Crippen LogP contribution < -0.4 is 0 Å². The predicted molar refractivity (Wildman–Crippen MR) is 106 cm³/mol. The third-order valence-electron chi connectivity index (χ3n) is 4.37. The Morgan fingerprint density at radius 2 is 1.04 bits per heavy atom. The van der Waals surface area contributed by atoms with Crippen LogP contribution in [0.5, 0.6) is 0 Å². The van der Waals surface area contributed by atoms with Crippen LogP contribution >= 0.6 is 11.6 Å². The first-order valence-electron chi connectivity index (χ1n) is 8.36. The van der Waals surface area contributed by atoms with Crippen molar-refractivity contribution < 1.29 is 0 Å². The van der Waals surface area contributed by atoms with Crippen LogP contribution in [0, 0.1) is 0 Å². The van der Waals surface area contributed by atoms with Crippen molar-refractivity contribution in [2.45, 2.75) is 6.54 Å². The van der Waals surface area contributed by atoms with Gasteiger partial charge in [0.25, 0.3) is 0 Å². The maximum Gasteiger partial charge on any atom is 0.0488 e. The van der Waals surface area contributed by atoms with Gasteiger partial charge in [-0.05, 0) is 41.0 Å². The van der Waals surface area contributed by atoms with Gasteiger partial charge in [-0.15, -0.1) is 0 Å². The molecule has 0 unspecified atom stereocenters. The van der Waals surface area contributed by atoms with Crippen molar-refractivity contribution in [3.8, 4) is 22.5 Å². The van der Waals surface area contributed by atoms with Gasteiger partial charge in [-0.2, -0.15) is 0 Å². The van der Waals surface area contributed by atoms with Crippen molar-refractivity contribution in [1.29, 1.82) is 0 Å². The molecule has 0 amide bonds. The first kappa shape index (κ1) is 15.7. The van der Waals surface area contributed by atoms with Gasteiger partial charge in [0.2, 0.25) is 0 Å². The second-order valence-electron chi connectivity index (χ2n) is 6.05. The van der Waals surface area contributed by atoms with Crippen LogP contribution in [-0.2, 0) is 6.54 Å². The van der Waals surface area contributed by atoms with Gasteiger partial charge in [-0.1, -0.05) is 84.4 Å². The predicted octanol–water partition coefficient (Wildman–Crippen LogP) is 6.52. The molecule has 0 aliphatic rings. The number of benzene rings is 3. The maximum absolute atomic E-state index is 6.04. The van der Waals surface area contributed by atoms with Crippen molar-refractivity contribution >= 4 is 11.6 Å². The van der Waals surface area contributed by atoms with Gasteiger partial charge < -0.3 is 4.57 Å². The molecule has 1 heterocycles.